The monoisotopic (exact) mass is 477 g/mol. The first kappa shape index (κ1) is 25.3. The number of aryl methyl sites for hydroxylation is 1. The molecule has 0 aliphatic carbocycles. The SMILES string of the molecule is CCOC(=O)c1c(C)oc(NC(=O)/C(=C/c2ccc(OC)cc2)c2ccccc2)c1C(=O)OCC. The molecular formula is C27H27NO7. The van der Waals surface area contributed by atoms with Crippen molar-refractivity contribution in [1.29, 1.82) is 0 Å². The van der Waals surface area contributed by atoms with E-state index in [4.69, 9.17) is 18.6 Å². The molecule has 3 rings (SSSR count). The Bertz CT molecular complexity index is 1220. The van der Waals surface area contributed by atoms with E-state index in [-0.39, 0.29) is 36.0 Å². The summed E-state index contributed by atoms with van der Waals surface area (Å²) in [4.78, 5) is 38.7. The van der Waals surface area contributed by atoms with Crippen molar-refractivity contribution in [3.63, 3.8) is 0 Å². The molecule has 8 heteroatoms. The molecule has 8 nitrogen and oxygen atoms in total. The van der Waals surface area contributed by atoms with Crippen molar-refractivity contribution < 1.29 is 33.0 Å². The van der Waals surface area contributed by atoms with Crippen molar-refractivity contribution >= 4 is 35.4 Å². The summed E-state index contributed by atoms with van der Waals surface area (Å²) in [7, 11) is 1.57. The van der Waals surface area contributed by atoms with E-state index in [1.807, 2.05) is 30.3 Å². The van der Waals surface area contributed by atoms with Crippen molar-refractivity contribution in [2.24, 2.45) is 0 Å². The van der Waals surface area contributed by atoms with E-state index < -0.39 is 17.8 Å². The number of anilines is 1. The van der Waals surface area contributed by atoms with E-state index in [0.29, 0.717) is 16.9 Å². The van der Waals surface area contributed by atoms with Crippen LogP contribution in [0.25, 0.3) is 11.6 Å². The minimum Gasteiger partial charge on any atom is -0.497 e. The van der Waals surface area contributed by atoms with Gasteiger partial charge in [0, 0.05) is 5.57 Å². The molecule has 0 aliphatic heterocycles. The van der Waals surface area contributed by atoms with Gasteiger partial charge in [0.05, 0.1) is 20.3 Å². The summed E-state index contributed by atoms with van der Waals surface area (Å²) in [5.74, 6) is -1.46. The first-order valence-electron chi connectivity index (χ1n) is 11.1. The number of carbonyl (C=O) groups excluding carboxylic acids is 3. The summed E-state index contributed by atoms with van der Waals surface area (Å²) < 4.78 is 21.0. The molecule has 0 saturated carbocycles. The molecule has 1 aromatic heterocycles. The quantitative estimate of drug-likeness (QED) is 0.259. The Balaban J connectivity index is 2.05. The van der Waals surface area contributed by atoms with Gasteiger partial charge >= 0.3 is 11.9 Å². The topological polar surface area (TPSA) is 104 Å². The van der Waals surface area contributed by atoms with Gasteiger partial charge in [-0.15, -0.1) is 0 Å². The third kappa shape index (κ3) is 5.97. The molecule has 0 bridgehead atoms. The van der Waals surface area contributed by atoms with Gasteiger partial charge in [-0.1, -0.05) is 42.5 Å². The molecule has 1 N–H and O–H groups in total. The van der Waals surface area contributed by atoms with Crippen molar-refractivity contribution in [2.75, 3.05) is 25.6 Å². The maximum atomic E-state index is 13.5. The van der Waals surface area contributed by atoms with Crippen LogP contribution >= 0.6 is 0 Å². The highest BCUT2D eigenvalue weighted by Crippen LogP contribution is 2.30. The number of hydrogen-bond donors (Lipinski definition) is 1. The molecule has 0 saturated heterocycles. The van der Waals surface area contributed by atoms with Crippen molar-refractivity contribution in [1.82, 2.24) is 0 Å². The van der Waals surface area contributed by atoms with E-state index in [9.17, 15) is 14.4 Å². The normalized spacial score (nSPS) is 11.0. The fourth-order valence-corrected chi connectivity index (χ4v) is 3.41. The lowest BCUT2D eigenvalue weighted by atomic mass is 10.0. The van der Waals surface area contributed by atoms with Crippen molar-refractivity contribution in [3.8, 4) is 5.75 Å². The van der Waals surface area contributed by atoms with Crippen LogP contribution in [0.15, 0.2) is 59.0 Å². The lowest BCUT2D eigenvalue weighted by molar-refractivity contribution is -0.111. The second kappa shape index (κ2) is 11.7. The van der Waals surface area contributed by atoms with Crippen LogP contribution in [0.4, 0.5) is 5.88 Å². The Kier molecular flexibility index (Phi) is 8.45. The zero-order valence-corrected chi connectivity index (χ0v) is 20.0. The van der Waals surface area contributed by atoms with Crippen LogP contribution in [0.2, 0.25) is 0 Å². The van der Waals surface area contributed by atoms with E-state index in [0.717, 1.165) is 5.56 Å². The Morgan fingerprint density at radius 1 is 0.886 bits per heavy atom. The Hall–Kier alpha value is -4.33. The van der Waals surface area contributed by atoms with Gasteiger partial charge in [-0.25, -0.2) is 9.59 Å². The Labute approximate surface area is 203 Å². The molecule has 0 unspecified atom stereocenters. The van der Waals surface area contributed by atoms with Gasteiger partial charge in [0.2, 0.25) is 5.88 Å². The first-order chi connectivity index (χ1) is 16.9. The smallest absolute Gasteiger partial charge is 0.344 e. The predicted molar refractivity (Wildman–Crippen MR) is 131 cm³/mol. The van der Waals surface area contributed by atoms with Gasteiger partial charge < -0.3 is 18.6 Å². The molecule has 0 atom stereocenters. The van der Waals surface area contributed by atoms with Gasteiger partial charge in [-0.2, -0.15) is 0 Å². The number of furan rings is 1. The molecule has 0 radical (unpaired) electrons. The molecule has 3 aromatic rings. The zero-order valence-electron chi connectivity index (χ0n) is 20.0. The summed E-state index contributed by atoms with van der Waals surface area (Å²) >= 11 is 0. The minimum atomic E-state index is -0.803. The molecule has 1 amide bonds. The standard InChI is InChI=1S/C27H27NO7/c1-5-33-26(30)22-17(3)35-25(23(22)27(31)34-6-2)28-24(29)21(19-10-8-7-9-11-19)16-18-12-14-20(32-4)15-13-18/h7-16H,5-6H2,1-4H3,(H,28,29)/b21-16+. The highest BCUT2D eigenvalue weighted by atomic mass is 16.5. The van der Waals surface area contributed by atoms with Crippen LogP contribution in [-0.4, -0.2) is 38.2 Å². The number of methoxy groups -OCH3 is 1. The van der Waals surface area contributed by atoms with E-state index in [1.54, 1.807) is 51.3 Å². The zero-order chi connectivity index (χ0) is 25.4. The maximum absolute atomic E-state index is 13.5. The largest absolute Gasteiger partial charge is 0.497 e. The molecule has 0 aliphatic rings. The van der Waals surface area contributed by atoms with Gasteiger partial charge in [-0.3, -0.25) is 10.1 Å². The number of rotatable bonds is 9. The summed E-state index contributed by atoms with van der Waals surface area (Å²) in [6, 6.07) is 16.2. The summed E-state index contributed by atoms with van der Waals surface area (Å²) in [5, 5.41) is 2.64. The predicted octanol–water partition coefficient (Wildman–Crippen LogP) is 5.13. The van der Waals surface area contributed by atoms with Gasteiger partial charge in [-0.05, 0) is 50.1 Å². The molecule has 35 heavy (non-hydrogen) atoms. The van der Waals surface area contributed by atoms with E-state index >= 15 is 0 Å². The minimum absolute atomic E-state index is 0.0748. The van der Waals surface area contributed by atoms with Gasteiger partial charge in [0.25, 0.3) is 5.91 Å². The van der Waals surface area contributed by atoms with E-state index in [2.05, 4.69) is 5.32 Å². The van der Waals surface area contributed by atoms with Crippen LogP contribution in [0, 0.1) is 6.92 Å². The molecule has 2 aromatic carbocycles. The third-order valence-corrected chi connectivity index (χ3v) is 5.03. The fourth-order valence-electron chi connectivity index (χ4n) is 3.41. The lowest BCUT2D eigenvalue weighted by Crippen LogP contribution is -2.18. The third-order valence-electron chi connectivity index (χ3n) is 5.03. The maximum Gasteiger partial charge on any atom is 0.344 e. The number of nitrogens with one attached hydrogen (secondary N) is 1. The number of hydrogen-bond acceptors (Lipinski definition) is 7. The molecular weight excluding hydrogens is 450 g/mol. The number of ether oxygens (including phenoxy) is 3. The van der Waals surface area contributed by atoms with Crippen molar-refractivity contribution in [2.45, 2.75) is 20.8 Å². The number of carbonyl (C=O) groups is 3. The van der Waals surface area contributed by atoms with Crippen LogP contribution in [0.5, 0.6) is 5.75 Å². The van der Waals surface area contributed by atoms with Crippen LogP contribution in [-0.2, 0) is 14.3 Å². The lowest BCUT2D eigenvalue weighted by Gasteiger charge is -2.10. The van der Waals surface area contributed by atoms with E-state index in [1.165, 1.54) is 6.92 Å². The molecule has 0 spiro atoms. The molecule has 182 valence electrons. The van der Waals surface area contributed by atoms with Crippen LogP contribution < -0.4 is 10.1 Å². The van der Waals surface area contributed by atoms with Gasteiger partial charge in [0.15, 0.2) is 0 Å². The highest BCUT2D eigenvalue weighted by Gasteiger charge is 2.32. The Morgan fingerprint density at radius 3 is 2.06 bits per heavy atom. The second-order valence-corrected chi connectivity index (χ2v) is 7.33. The number of amides is 1. The average Bonchev–Trinajstić information content (AvgIpc) is 3.19. The molecule has 1 heterocycles. The summed E-state index contributed by atoms with van der Waals surface area (Å²) in [5.41, 5.74) is 1.45. The molecule has 0 fully saturated rings. The first-order valence-corrected chi connectivity index (χ1v) is 11.1. The second-order valence-electron chi connectivity index (χ2n) is 7.33. The van der Waals surface area contributed by atoms with Gasteiger partial charge in [0.1, 0.15) is 22.6 Å². The number of esters is 2. The van der Waals surface area contributed by atoms with Crippen molar-refractivity contribution in [3.05, 3.63) is 82.6 Å². The highest BCUT2D eigenvalue weighted by molar-refractivity contribution is 6.29. The van der Waals surface area contributed by atoms with Crippen LogP contribution in [0.1, 0.15) is 51.5 Å². The summed E-state index contributed by atoms with van der Waals surface area (Å²) in [6.07, 6.45) is 1.70. The Morgan fingerprint density at radius 2 is 1.49 bits per heavy atom. The fraction of sp³-hybridized carbons (Fsp3) is 0.222. The average molecular weight is 478 g/mol. The van der Waals surface area contributed by atoms with Crippen LogP contribution in [0.3, 0.4) is 0 Å². The summed E-state index contributed by atoms with van der Waals surface area (Å²) in [6.45, 7) is 4.98. The number of benzene rings is 2.